The molecule has 1 saturated carbocycles. The van der Waals surface area contributed by atoms with Crippen molar-refractivity contribution in [2.45, 2.75) is 133 Å². The third kappa shape index (κ3) is 10.3. The van der Waals surface area contributed by atoms with Crippen LogP contribution in [0.15, 0.2) is 85.1 Å². The lowest BCUT2D eigenvalue weighted by atomic mass is 9.59. The summed E-state index contributed by atoms with van der Waals surface area (Å²) >= 11 is 6.31. The molecule has 3 aromatic carbocycles. The molecular formula is C50H60ClN3O7. The first-order chi connectivity index (χ1) is 29.3. The summed E-state index contributed by atoms with van der Waals surface area (Å²) in [5, 5.41) is 27.2. The first kappa shape index (κ1) is 44.0. The Morgan fingerprint density at radius 1 is 0.951 bits per heavy atom. The van der Waals surface area contributed by atoms with Crippen LogP contribution in [-0.4, -0.2) is 57.3 Å². The van der Waals surface area contributed by atoms with Crippen molar-refractivity contribution in [1.82, 2.24) is 10.3 Å². The van der Waals surface area contributed by atoms with Crippen LogP contribution in [-0.2, 0) is 39.1 Å². The van der Waals surface area contributed by atoms with E-state index in [0.29, 0.717) is 73.9 Å². The smallest absolute Gasteiger partial charge is 0.329 e. The highest BCUT2D eigenvalue weighted by atomic mass is 35.5. The molecule has 61 heavy (non-hydrogen) atoms. The predicted octanol–water partition coefficient (Wildman–Crippen LogP) is 9.95. The number of rotatable bonds is 18. The molecule has 7 rings (SSSR count). The summed E-state index contributed by atoms with van der Waals surface area (Å²) in [7, 11) is 0. The number of aromatic nitrogens is 1. The van der Waals surface area contributed by atoms with Gasteiger partial charge in [0.05, 0.1) is 12.7 Å². The van der Waals surface area contributed by atoms with Gasteiger partial charge in [0.15, 0.2) is 0 Å². The van der Waals surface area contributed by atoms with Gasteiger partial charge in [-0.3, -0.25) is 9.78 Å². The number of pyridine rings is 1. The van der Waals surface area contributed by atoms with E-state index in [1.54, 1.807) is 12.1 Å². The lowest BCUT2D eigenvalue weighted by Crippen LogP contribution is -2.53. The van der Waals surface area contributed by atoms with E-state index in [0.717, 1.165) is 49.1 Å². The fraction of sp³-hybridized carbons (Fsp3) is 0.480. The Labute approximate surface area is 364 Å². The summed E-state index contributed by atoms with van der Waals surface area (Å²) < 4.78 is 13.1. The molecule has 324 valence electrons. The molecule has 0 bridgehead atoms. The monoisotopic (exact) mass is 849 g/mol. The van der Waals surface area contributed by atoms with Crippen molar-refractivity contribution in [2.24, 2.45) is 11.8 Å². The average Bonchev–Trinajstić information content (AvgIpc) is 3.52. The number of aryl methyl sites for hydroxylation is 2. The molecule has 0 saturated heterocycles. The summed E-state index contributed by atoms with van der Waals surface area (Å²) in [6, 6.07) is 24.2. The number of ether oxygens (including phenoxy) is 2. The van der Waals surface area contributed by atoms with E-state index in [1.807, 2.05) is 67.7 Å². The topological polar surface area (TPSA) is 147 Å². The van der Waals surface area contributed by atoms with Crippen LogP contribution in [0.1, 0.15) is 119 Å². The summed E-state index contributed by atoms with van der Waals surface area (Å²) in [5.41, 5.74) is 5.19. The molecule has 1 unspecified atom stereocenters. The number of hydrogen-bond acceptors (Lipinski definition) is 7. The lowest BCUT2D eigenvalue weighted by Gasteiger charge is -2.47. The number of carboxylic acid groups (broad SMARTS) is 2. The molecule has 1 fully saturated rings. The number of anilines is 1. The van der Waals surface area contributed by atoms with E-state index in [-0.39, 0.29) is 35.7 Å². The summed E-state index contributed by atoms with van der Waals surface area (Å²) in [6.45, 7) is 7.03. The molecule has 1 spiro atoms. The molecule has 3 aliphatic rings. The Kier molecular flexibility index (Phi) is 13.9. The van der Waals surface area contributed by atoms with Gasteiger partial charge in [-0.1, -0.05) is 67.9 Å². The van der Waals surface area contributed by atoms with Crippen LogP contribution in [0.2, 0.25) is 5.02 Å². The van der Waals surface area contributed by atoms with E-state index in [1.165, 1.54) is 16.7 Å². The predicted molar refractivity (Wildman–Crippen MR) is 238 cm³/mol. The molecule has 0 radical (unpaired) electrons. The van der Waals surface area contributed by atoms with Crippen LogP contribution in [0.4, 0.5) is 5.69 Å². The normalized spacial score (nSPS) is 23.2. The third-order valence-electron chi connectivity index (χ3n) is 13.6. The van der Waals surface area contributed by atoms with Crippen LogP contribution < -0.4 is 20.1 Å². The van der Waals surface area contributed by atoms with Gasteiger partial charge in [-0.25, -0.2) is 9.59 Å². The molecule has 1 heterocycles. The highest BCUT2D eigenvalue weighted by Crippen LogP contribution is 2.57. The zero-order chi connectivity index (χ0) is 43.1. The first-order valence-corrected chi connectivity index (χ1v) is 22.5. The molecular weight excluding hydrogens is 790 g/mol. The van der Waals surface area contributed by atoms with Crippen molar-refractivity contribution >= 4 is 35.1 Å². The number of benzene rings is 3. The number of carbonyl (C=O) groups is 3. The number of hydrogen-bond donors (Lipinski definition) is 4. The van der Waals surface area contributed by atoms with Crippen LogP contribution in [0.25, 0.3) is 0 Å². The number of fused-ring (bicyclic) bond motifs is 3. The van der Waals surface area contributed by atoms with Crippen LogP contribution in [0.3, 0.4) is 0 Å². The van der Waals surface area contributed by atoms with Crippen LogP contribution in [0.5, 0.6) is 11.5 Å². The van der Waals surface area contributed by atoms with Crippen molar-refractivity contribution < 1.29 is 34.1 Å². The summed E-state index contributed by atoms with van der Waals surface area (Å²) in [6.07, 6.45) is 10.3. The largest absolute Gasteiger partial charge is 0.493 e. The van der Waals surface area contributed by atoms with E-state index in [9.17, 15) is 24.6 Å². The lowest BCUT2D eigenvalue weighted by molar-refractivity contribution is -0.144. The minimum atomic E-state index is -1.14. The van der Waals surface area contributed by atoms with Gasteiger partial charge in [-0.05, 0) is 160 Å². The molecule has 4 N–H and O–H groups in total. The zero-order valence-electron chi connectivity index (χ0n) is 35.6. The first-order valence-electron chi connectivity index (χ1n) is 22.1. The third-order valence-corrected chi connectivity index (χ3v) is 13.8. The maximum atomic E-state index is 13.1. The van der Waals surface area contributed by atoms with E-state index in [2.05, 4.69) is 41.6 Å². The van der Waals surface area contributed by atoms with Crippen molar-refractivity contribution in [3.63, 3.8) is 0 Å². The highest BCUT2D eigenvalue weighted by Gasteiger charge is 2.54. The Morgan fingerprint density at radius 2 is 1.74 bits per heavy atom. The van der Waals surface area contributed by atoms with Crippen molar-refractivity contribution in [3.05, 3.63) is 118 Å². The van der Waals surface area contributed by atoms with Gasteiger partial charge in [0.25, 0.3) is 0 Å². The van der Waals surface area contributed by atoms with Gasteiger partial charge in [0.2, 0.25) is 5.91 Å². The number of amides is 1. The number of nitrogens with one attached hydrogen (secondary N) is 2. The molecule has 5 atom stereocenters. The van der Waals surface area contributed by atoms with Crippen LogP contribution in [0, 0.1) is 11.8 Å². The molecule has 1 aromatic heterocycles. The second-order valence-corrected chi connectivity index (χ2v) is 18.4. The number of nitrogens with zero attached hydrogens (tertiary/aromatic N) is 1. The van der Waals surface area contributed by atoms with E-state index >= 15 is 0 Å². The maximum absolute atomic E-state index is 13.1. The SMILES string of the molecule is CC(CCC(=O)N[C@H](CCc1ccccc1)C(=O)O)Oc1ccc2c(c1)C1(CCC(Nc3cccc(Cl)c3)(C(=O)O)CC1)[C@@H](C[C@@H](C)COc1ccnc3c1[C@H](C)CCC3)C2. The number of aliphatic carboxylic acids is 2. The molecule has 11 heteroatoms. The molecule has 1 amide bonds. The van der Waals surface area contributed by atoms with Gasteiger partial charge in [-0.2, -0.15) is 0 Å². The molecule has 4 aromatic rings. The van der Waals surface area contributed by atoms with Crippen molar-refractivity contribution in [3.8, 4) is 11.5 Å². The second kappa shape index (κ2) is 19.3. The van der Waals surface area contributed by atoms with Gasteiger partial charge < -0.3 is 30.3 Å². The minimum Gasteiger partial charge on any atom is -0.493 e. The number of halogens is 1. The maximum Gasteiger partial charge on any atom is 0.329 e. The minimum absolute atomic E-state index is 0.130. The van der Waals surface area contributed by atoms with Gasteiger partial charge >= 0.3 is 11.9 Å². The second-order valence-electron chi connectivity index (χ2n) is 18.0. The fourth-order valence-electron chi connectivity index (χ4n) is 10.3. The van der Waals surface area contributed by atoms with Crippen molar-refractivity contribution in [2.75, 3.05) is 11.9 Å². The molecule has 10 nitrogen and oxygen atoms in total. The van der Waals surface area contributed by atoms with E-state index in [4.69, 9.17) is 21.1 Å². The quantitative estimate of drug-likeness (QED) is 0.0768. The Balaban J connectivity index is 1.04. The number of carboxylic acids is 2. The fourth-order valence-corrected chi connectivity index (χ4v) is 10.4. The van der Waals surface area contributed by atoms with E-state index < -0.39 is 23.5 Å². The van der Waals surface area contributed by atoms with Gasteiger partial charge in [0, 0.05) is 34.6 Å². The summed E-state index contributed by atoms with van der Waals surface area (Å²) in [4.78, 5) is 42.7. The van der Waals surface area contributed by atoms with Gasteiger partial charge in [0.1, 0.15) is 23.1 Å². The number of carbonyl (C=O) groups excluding carboxylic acids is 1. The standard InChI is InChI=1S/C50H60ClN3O7/c1-32(31-60-44-21-26-52-42-14-7-9-33(2)46(42)44)27-37-28-36-17-18-40(61-34(3)15-20-45(55)53-43(47(56)57)19-16-35-10-5-4-6-11-35)30-41(36)49(37)22-24-50(25-23-49,48(58)59)54-39-13-8-12-38(51)29-39/h4-6,8,10-13,17-18,21,26,29-30,32-34,37,43,54H,7,9,14-16,19-20,22-25,27-28,31H2,1-3H3,(H,53,55)(H,56,57)(H,58,59)/t32-,33-,34?,37+,43-,49?,50?/m1/s1. The highest BCUT2D eigenvalue weighted by molar-refractivity contribution is 6.30. The zero-order valence-corrected chi connectivity index (χ0v) is 36.4. The Morgan fingerprint density at radius 3 is 2.48 bits per heavy atom. The molecule has 3 aliphatic carbocycles. The Hall–Kier alpha value is -5.09. The molecule has 0 aliphatic heterocycles. The summed E-state index contributed by atoms with van der Waals surface area (Å²) in [5.74, 6) is 0.351. The van der Waals surface area contributed by atoms with Crippen LogP contribution >= 0.6 is 11.6 Å². The van der Waals surface area contributed by atoms with Crippen molar-refractivity contribution in [1.29, 1.82) is 0 Å². The average molecular weight is 850 g/mol. The van der Waals surface area contributed by atoms with Gasteiger partial charge in [-0.15, -0.1) is 0 Å². The Bertz CT molecular complexity index is 2170.